The van der Waals surface area contributed by atoms with Crippen LogP contribution in [0.2, 0.25) is 5.02 Å². The topological polar surface area (TPSA) is 44.5 Å². The maximum atomic E-state index is 12.0. The van der Waals surface area contributed by atoms with Crippen LogP contribution in [-0.4, -0.2) is 6.36 Å². The molecule has 0 amide bonds. The molecule has 0 unspecified atom stereocenters. The fourth-order valence-electron chi connectivity index (χ4n) is 1.63. The second-order valence-corrected chi connectivity index (χ2v) is 4.51. The van der Waals surface area contributed by atoms with Gasteiger partial charge in [-0.05, 0) is 36.4 Å². The molecule has 0 saturated heterocycles. The molecule has 0 aliphatic carbocycles. The normalized spacial score (nSPS) is 11.3. The van der Waals surface area contributed by atoms with Crippen LogP contribution < -0.4 is 15.2 Å². The first kappa shape index (κ1) is 15.5. The summed E-state index contributed by atoms with van der Waals surface area (Å²) >= 11 is 5.87. The molecule has 0 heterocycles. The molecular formula is C14H11ClF3NO2. The summed E-state index contributed by atoms with van der Waals surface area (Å²) in [5.41, 5.74) is 6.31. The number of alkyl halides is 3. The predicted octanol–water partition coefficient (Wildman–Crippen LogP) is 4.49. The van der Waals surface area contributed by atoms with Crippen molar-refractivity contribution in [2.45, 2.75) is 12.9 Å². The summed E-state index contributed by atoms with van der Waals surface area (Å²) in [5, 5.41) is 0.472. The van der Waals surface area contributed by atoms with Crippen molar-refractivity contribution in [3.63, 3.8) is 0 Å². The highest BCUT2D eigenvalue weighted by Crippen LogP contribution is 2.30. The molecule has 112 valence electrons. The molecule has 0 aromatic heterocycles. The van der Waals surface area contributed by atoms with E-state index < -0.39 is 6.36 Å². The van der Waals surface area contributed by atoms with Crippen molar-refractivity contribution in [1.29, 1.82) is 0 Å². The van der Waals surface area contributed by atoms with E-state index in [1.165, 1.54) is 12.1 Å². The highest BCUT2D eigenvalue weighted by atomic mass is 35.5. The Hall–Kier alpha value is -1.92. The fraction of sp³-hybridized carbons (Fsp3) is 0.143. The van der Waals surface area contributed by atoms with Crippen LogP contribution in [0.25, 0.3) is 0 Å². The Kier molecular flexibility index (Phi) is 4.59. The number of benzene rings is 2. The molecule has 0 bridgehead atoms. The fourth-order valence-corrected chi connectivity index (χ4v) is 1.79. The smallest absolute Gasteiger partial charge is 0.457 e. The van der Waals surface area contributed by atoms with Gasteiger partial charge in [0.25, 0.3) is 0 Å². The van der Waals surface area contributed by atoms with Crippen LogP contribution in [-0.2, 0) is 6.54 Å². The summed E-state index contributed by atoms with van der Waals surface area (Å²) in [6, 6.07) is 10.0. The lowest BCUT2D eigenvalue weighted by Crippen LogP contribution is -2.16. The largest absolute Gasteiger partial charge is 0.573 e. The second kappa shape index (κ2) is 6.24. The zero-order valence-corrected chi connectivity index (χ0v) is 11.4. The molecule has 21 heavy (non-hydrogen) atoms. The van der Waals surface area contributed by atoms with Gasteiger partial charge in [0.1, 0.15) is 17.2 Å². The molecule has 2 rings (SSSR count). The molecule has 0 radical (unpaired) electrons. The van der Waals surface area contributed by atoms with E-state index in [-0.39, 0.29) is 12.3 Å². The summed E-state index contributed by atoms with van der Waals surface area (Å²) in [5.74, 6) is 0.482. The van der Waals surface area contributed by atoms with E-state index >= 15 is 0 Å². The summed E-state index contributed by atoms with van der Waals surface area (Å²) in [7, 11) is 0. The van der Waals surface area contributed by atoms with Gasteiger partial charge in [0, 0.05) is 17.1 Å². The van der Waals surface area contributed by atoms with Crippen molar-refractivity contribution in [1.82, 2.24) is 0 Å². The van der Waals surface area contributed by atoms with E-state index in [0.29, 0.717) is 16.5 Å². The van der Waals surface area contributed by atoms with Crippen LogP contribution in [0, 0.1) is 0 Å². The number of hydrogen-bond acceptors (Lipinski definition) is 3. The van der Waals surface area contributed by atoms with Crippen LogP contribution >= 0.6 is 11.6 Å². The summed E-state index contributed by atoms with van der Waals surface area (Å²) in [6.07, 6.45) is -4.72. The number of rotatable bonds is 4. The lowest BCUT2D eigenvalue weighted by atomic mass is 10.2. The Morgan fingerprint density at radius 1 is 1.00 bits per heavy atom. The zero-order chi connectivity index (χ0) is 15.5. The lowest BCUT2D eigenvalue weighted by Gasteiger charge is -2.12. The molecule has 0 spiro atoms. The van der Waals surface area contributed by atoms with Crippen LogP contribution in [0.4, 0.5) is 13.2 Å². The van der Waals surface area contributed by atoms with Gasteiger partial charge in [-0.1, -0.05) is 17.7 Å². The lowest BCUT2D eigenvalue weighted by molar-refractivity contribution is -0.274. The minimum atomic E-state index is -4.72. The van der Waals surface area contributed by atoms with Gasteiger partial charge in [-0.25, -0.2) is 0 Å². The number of ether oxygens (including phenoxy) is 2. The second-order valence-electron chi connectivity index (χ2n) is 4.08. The molecule has 2 N–H and O–H groups in total. The maximum absolute atomic E-state index is 12.0. The Morgan fingerprint density at radius 2 is 1.62 bits per heavy atom. The van der Waals surface area contributed by atoms with Crippen LogP contribution in [0.5, 0.6) is 17.2 Å². The van der Waals surface area contributed by atoms with Gasteiger partial charge in [-0.3, -0.25) is 0 Å². The third-order valence-corrected chi connectivity index (χ3v) is 2.77. The van der Waals surface area contributed by atoms with Crippen LogP contribution in [0.15, 0.2) is 42.5 Å². The quantitative estimate of drug-likeness (QED) is 0.903. The van der Waals surface area contributed by atoms with Gasteiger partial charge < -0.3 is 15.2 Å². The summed E-state index contributed by atoms with van der Waals surface area (Å²) < 4.78 is 45.5. The van der Waals surface area contributed by atoms with Crippen molar-refractivity contribution in [2.24, 2.45) is 5.73 Å². The summed E-state index contributed by atoms with van der Waals surface area (Å²) in [6.45, 7) is 0.252. The molecule has 0 aliphatic heterocycles. The molecule has 0 aliphatic rings. The van der Waals surface area contributed by atoms with Crippen molar-refractivity contribution in [2.75, 3.05) is 0 Å². The molecular weight excluding hydrogens is 307 g/mol. The third-order valence-electron chi connectivity index (χ3n) is 2.53. The summed E-state index contributed by atoms with van der Waals surface area (Å²) in [4.78, 5) is 0. The standard InChI is InChI=1S/C14H11ClF3NO2/c15-10-2-1-9(8-19)13(7-10)20-11-3-5-12(6-4-11)21-14(16,17)18/h1-7H,8,19H2. The van der Waals surface area contributed by atoms with E-state index in [9.17, 15) is 13.2 Å². The average molecular weight is 318 g/mol. The van der Waals surface area contributed by atoms with E-state index in [2.05, 4.69) is 4.74 Å². The Balaban J connectivity index is 2.15. The van der Waals surface area contributed by atoms with Gasteiger partial charge in [-0.2, -0.15) is 0 Å². The molecule has 2 aromatic rings. The van der Waals surface area contributed by atoms with Gasteiger partial charge in [0.05, 0.1) is 0 Å². The zero-order valence-electron chi connectivity index (χ0n) is 10.7. The molecule has 7 heteroatoms. The van der Waals surface area contributed by atoms with Gasteiger partial charge in [0.2, 0.25) is 0 Å². The van der Waals surface area contributed by atoms with E-state index in [0.717, 1.165) is 17.7 Å². The number of nitrogens with two attached hydrogens (primary N) is 1. The van der Waals surface area contributed by atoms with Gasteiger partial charge in [0.15, 0.2) is 0 Å². The minimum Gasteiger partial charge on any atom is -0.457 e. The first-order valence-corrected chi connectivity index (χ1v) is 6.27. The van der Waals surface area contributed by atoms with Crippen LogP contribution in [0.3, 0.4) is 0 Å². The first-order chi connectivity index (χ1) is 9.87. The highest BCUT2D eigenvalue weighted by Gasteiger charge is 2.30. The average Bonchev–Trinajstić information content (AvgIpc) is 2.40. The predicted molar refractivity (Wildman–Crippen MR) is 72.5 cm³/mol. The third kappa shape index (κ3) is 4.54. The number of halogens is 4. The maximum Gasteiger partial charge on any atom is 0.573 e. The van der Waals surface area contributed by atoms with E-state index in [1.54, 1.807) is 18.2 Å². The van der Waals surface area contributed by atoms with E-state index in [4.69, 9.17) is 22.1 Å². The van der Waals surface area contributed by atoms with E-state index in [1.807, 2.05) is 0 Å². The van der Waals surface area contributed by atoms with Gasteiger partial charge >= 0.3 is 6.36 Å². The van der Waals surface area contributed by atoms with Crippen LogP contribution in [0.1, 0.15) is 5.56 Å². The number of hydrogen-bond donors (Lipinski definition) is 1. The highest BCUT2D eigenvalue weighted by molar-refractivity contribution is 6.30. The van der Waals surface area contributed by atoms with Crippen molar-refractivity contribution >= 4 is 11.6 Å². The van der Waals surface area contributed by atoms with Crippen molar-refractivity contribution in [3.8, 4) is 17.2 Å². The van der Waals surface area contributed by atoms with Gasteiger partial charge in [-0.15, -0.1) is 13.2 Å². The SMILES string of the molecule is NCc1ccc(Cl)cc1Oc1ccc(OC(F)(F)F)cc1. The Labute approximate surface area is 124 Å². The molecule has 0 saturated carbocycles. The molecule has 0 atom stereocenters. The Bertz CT molecular complexity index is 615. The molecule has 2 aromatic carbocycles. The molecule has 0 fully saturated rings. The Morgan fingerprint density at radius 3 is 2.19 bits per heavy atom. The first-order valence-electron chi connectivity index (χ1n) is 5.89. The van der Waals surface area contributed by atoms with Crippen molar-refractivity contribution < 1.29 is 22.6 Å². The monoisotopic (exact) mass is 317 g/mol. The van der Waals surface area contributed by atoms with Crippen molar-refractivity contribution in [3.05, 3.63) is 53.1 Å². The minimum absolute atomic E-state index is 0.252. The molecule has 3 nitrogen and oxygen atoms in total.